The van der Waals surface area contributed by atoms with Gasteiger partial charge in [0.05, 0.1) is 12.7 Å². The van der Waals surface area contributed by atoms with E-state index in [2.05, 4.69) is 15.9 Å². The van der Waals surface area contributed by atoms with Crippen LogP contribution in [0.25, 0.3) is 0 Å². The van der Waals surface area contributed by atoms with Crippen molar-refractivity contribution in [2.45, 2.75) is 30.2 Å². The van der Waals surface area contributed by atoms with Gasteiger partial charge < -0.3 is 4.74 Å². The van der Waals surface area contributed by atoms with Gasteiger partial charge >= 0.3 is 0 Å². The maximum atomic E-state index is 5.11. The fourth-order valence-corrected chi connectivity index (χ4v) is 1.89. The van der Waals surface area contributed by atoms with Gasteiger partial charge in [-0.3, -0.25) is 0 Å². The largest absolute Gasteiger partial charge is 0.373 e. The zero-order valence-corrected chi connectivity index (χ0v) is 6.93. The molecule has 2 rings (SSSR count). The first-order valence-corrected chi connectivity index (χ1v) is 4.53. The Morgan fingerprint density at radius 1 is 1.44 bits per heavy atom. The van der Waals surface area contributed by atoms with E-state index in [1.807, 2.05) is 0 Å². The normalized spacial score (nSPS) is 47.0. The number of epoxide rings is 1. The van der Waals surface area contributed by atoms with Crippen molar-refractivity contribution in [2.24, 2.45) is 5.92 Å². The quantitative estimate of drug-likeness (QED) is 0.490. The van der Waals surface area contributed by atoms with E-state index >= 15 is 0 Å². The minimum absolute atomic E-state index is 0.644. The van der Waals surface area contributed by atoms with E-state index in [0.717, 1.165) is 17.4 Å². The molecule has 1 heterocycles. The van der Waals surface area contributed by atoms with Gasteiger partial charge in [-0.25, -0.2) is 0 Å². The van der Waals surface area contributed by atoms with Gasteiger partial charge in [0, 0.05) is 4.83 Å². The summed E-state index contributed by atoms with van der Waals surface area (Å²) < 4.78 is 5.11. The van der Waals surface area contributed by atoms with Gasteiger partial charge in [-0.1, -0.05) is 15.9 Å². The topological polar surface area (TPSA) is 12.5 Å². The lowest BCUT2D eigenvalue weighted by Gasteiger charge is -1.90. The molecule has 0 radical (unpaired) electrons. The summed E-state index contributed by atoms with van der Waals surface area (Å²) in [6.45, 7) is 1.03. The molecule has 0 N–H and O–H groups in total. The minimum Gasteiger partial charge on any atom is -0.373 e. The SMILES string of the molecule is BrC1CC1CCC1CO1. The van der Waals surface area contributed by atoms with Crippen molar-refractivity contribution in [1.82, 2.24) is 0 Å². The van der Waals surface area contributed by atoms with E-state index < -0.39 is 0 Å². The summed E-state index contributed by atoms with van der Waals surface area (Å²) in [6.07, 6.45) is 4.71. The lowest BCUT2D eigenvalue weighted by molar-refractivity contribution is 0.387. The first kappa shape index (κ1) is 6.17. The van der Waals surface area contributed by atoms with Crippen LogP contribution in [0.15, 0.2) is 0 Å². The van der Waals surface area contributed by atoms with Crippen LogP contribution in [0.2, 0.25) is 0 Å². The molecule has 2 aliphatic rings. The zero-order chi connectivity index (χ0) is 6.27. The van der Waals surface area contributed by atoms with Crippen LogP contribution in [0.5, 0.6) is 0 Å². The molecule has 1 aliphatic carbocycles. The second kappa shape index (κ2) is 2.24. The molecule has 0 aromatic heterocycles. The Balaban J connectivity index is 1.57. The van der Waals surface area contributed by atoms with E-state index in [1.54, 1.807) is 0 Å². The van der Waals surface area contributed by atoms with Crippen molar-refractivity contribution in [3.63, 3.8) is 0 Å². The standard InChI is InChI=1S/C7H11BrO/c8-7-3-5(7)1-2-6-4-9-6/h5-7H,1-4H2. The number of alkyl halides is 1. The van der Waals surface area contributed by atoms with Crippen LogP contribution in [-0.2, 0) is 4.74 Å². The monoisotopic (exact) mass is 190 g/mol. The van der Waals surface area contributed by atoms with Gasteiger partial charge in [-0.15, -0.1) is 0 Å². The van der Waals surface area contributed by atoms with Gasteiger partial charge in [-0.05, 0) is 25.2 Å². The number of ether oxygens (including phenoxy) is 1. The van der Waals surface area contributed by atoms with Crippen LogP contribution in [0.4, 0.5) is 0 Å². The molecule has 3 atom stereocenters. The first-order valence-electron chi connectivity index (χ1n) is 3.62. The summed E-state index contributed by atoms with van der Waals surface area (Å²) in [5.74, 6) is 0.981. The number of rotatable bonds is 3. The fourth-order valence-electron chi connectivity index (χ4n) is 1.14. The van der Waals surface area contributed by atoms with E-state index in [1.165, 1.54) is 19.3 Å². The molecule has 1 saturated carbocycles. The molecule has 9 heavy (non-hydrogen) atoms. The van der Waals surface area contributed by atoms with E-state index in [0.29, 0.717) is 6.10 Å². The van der Waals surface area contributed by atoms with Gasteiger partial charge in [0.15, 0.2) is 0 Å². The Hall–Kier alpha value is 0.440. The predicted octanol–water partition coefficient (Wildman–Crippen LogP) is 1.95. The zero-order valence-electron chi connectivity index (χ0n) is 5.35. The summed E-state index contributed by atoms with van der Waals surface area (Å²) in [5, 5.41) is 0. The van der Waals surface area contributed by atoms with Crippen LogP contribution in [0, 0.1) is 5.92 Å². The summed E-state index contributed by atoms with van der Waals surface area (Å²) >= 11 is 3.58. The Kier molecular flexibility index (Phi) is 1.54. The average Bonchev–Trinajstić information content (AvgIpc) is 2.60. The number of hydrogen-bond acceptors (Lipinski definition) is 1. The summed E-state index contributed by atoms with van der Waals surface area (Å²) in [4.78, 5) is 0.844. The minimum atomic E-state index is 0.644. The number of hydrogen-bond donors (Lipinski definition) is 0. The Bertz CT molecular complexity index is 111. The lowest BCUT2D eigenvalue weighted by Crippen LogP contribution is -1.87. The second-order valence-electron chi connectivity index (χ2n) is 3.04. The molecule has 3 unspecified atom stereocenters. The molecular formula is C7H11BrO. The molecule has 2 fully saturated rings. The van der Waals surface area contributed by atoms with E-state index in [9.17, 15) is 0 Å². The highest BCUT2D eigenvalue weighted by atomic mass is 79.9. The fraction of sp³-hybridized carbons (Fsp3) is 1.00. The van der Waals surface area contributed by atoms with Gasteiger partial charge in [-0.2, -0.15) is 0 Å². The molecule has 1 aliphatic heterocycles. The Labute approximate surface area is 63.9 Å². The van der Waals surface area contributed by atoms with Crippen LogP contribution in [-0.4, -0.2) is 17.5 Å². The van der Waals surface area contributed by atoms with Gasteiger partial charge in [0.2, 0.25) is 0 Å². The third-order valence-electron chi connectivity index (χ3n) is 2.10. The molecule has 0 aromatic rings. The smallest absolute Gasteiger partial charge is 0.0810 e. The van der Waals surface area contributed by atoms with Crippen molar-refractivity contribution in [3.05, 3.63) is 0 Å². The van der Waals surface area contributed by atoms with Crippen molar-refractivity contribution in [3.8, 4) is 0 Å². The van der Waals surface area contributed by atoms with Crippen molar-refractivity contribution in [1.29, 1.82) is 0 Å². The Morgan fingerprint density at radius 2 is 2.11 bits per heavy atom. The highest BCUT2D eigenvalue weighted by Crippen LogP contribution is 2.42. The Morgan fingerprint density at radius 3 is 2.56 bits per heavy atom. The van der Waals surface area contributed by atoms with Crippen LogP contribution in [0.1, 0.15) is 19.3 Å². The maximum absolute atomic E-state index is 5.11. The highest BCUT2D eigenvalue weighted by Gasteiger charge is 2.35. The molecular weight excluding hydrogens is 180 g/mol. The second-order valence-corrected chi connectivity index (χ2v) is 4.22. The van der Waals surface area contributed by atoms with Gasteiger partial charge in [0.1, 0.15) is 0 Å². The molecule has 2 heteroatoms. The summed E-state index contributed by atoms with van der Waals surface area (Å²) in [7, 11) is 0. The number of halogens is 1. The van der Waals surface area contributed by atoms with Crippen LogP contribution < -0.4 is 0 Å². The van der Waals surface area contributed by atoms with Crippen molar-refractivity contribution >= 4 is 15.9 Å². The maximum Gasteiger partial charge on any atom is 0.0810 e. The molecule has 0 spiro atoms. The van der Waals surface area contributed by atoms with Crippen LogP contribution in [0.3, 0.4) is 0 Å². The van der Waals surface area contributed by atoms with Crippen molar-refractivity contribution < 1.29 is 4.74 Å². The average molecular weight is 191 g/mol. The third-order valence-corrected chi connectivity index (χ3v) is 3.22. The molecule has 0 bridgehead atoms. The lowest BCUT2D eigenvalue weighted by atomic mass is 10.2. The van der Waals surface area contributed by atoms with Crippen molar-refractivity contribution in [2.75, 3.05) is 6.61 Å². The van der Waals surface area contributed by atoms with Gasteiger partial charge in [0.25, 0.3) is 0 Å². The third kappa shape index (κ3) is 1.68. The molecule has 0 aromatic carbocycles. The van der Waals surface area contributed by atoms with E-state index in [-0.39, 0.29) is 0 Å². The summed E-state index contributed by atoms with van der Waals surface area (Å²) in [5.41, 5.74) is 0. The van der Waals surface area contributed by atoms with E-state index in [4.69, 9.17) is 4.74 Å². The first-order chi connectivity index (χ1) is 4.36. The highest BCUT2D eigenvalue weighted by molar-refractivity contribution is 9.09. The molecule has 0 amide bonds. The predicted molar refractivity (Wildman–Crippen MR) is 39.8 cm³/mol. The molecule has 1 saturated heterocycles. The summed E-state index contributed by atoms with van der Waals surface area (Å²) in [6, 6.07) is 0. The van der Waals surface area contributed by atoms with Crippen LogP contribution >= 0.6 is 15.9 Å². The molecule has 52 valence electrons. The molecule has 1 nitrogen and oxygen atoms in total.